The zero-order valence-corrected chi connectivity index (χ0v) is 12.1. The molecule has 1 aromatic heterocycles. The Balaban J connectivity index is 1.64. The Morgan fingerprint density at radius 2 is 1.90 bits per heavy atom. The number of aromatic nitrogens is 1. The van der Waals surface area contributed by atoms with Crippen LogP contribution in [0.5, 0.6) is 0 Å². The first-order chi connectivity index (χ1) is 10.3. The number of amides is 1. The zero-order chi connectivity index (χ0) is 14.5. The zero-order valence-electron chi connectivity index (χ0n) is 12.1. The number of hydrogen-bond acceptors (Lipinski definition) is 2. The van der Waals surface area contributed by atoms with E-state index in [2.05, 4.69) is 17.1 Å². The topological polar surface area (TPSA) is 33.2 Å². The number of piperidine rings is 1. The van der Waals surface area contributed by atoms with Crippen LogP contribution in [0, 0.1) is 0 Å². The second-order valence-electron chi connectivity index (χ2n) is 5.62. The molecule has 3 nitrogen and oxygen atoms in total. The molecule has 1 fully saturated rings. The maximum atomic E-state index is 12.5. The predicted octanol–water partition coefficient (Wildman–Crippen LogP) is 3.03. The lowest BCUT2D eigenvalue weighted by Gasteiger charge is -2.33. The average molecular weight is 280 g/mol. The van der Waals surface area contributed by atoms with Crippen molar-refractivity contribution in [2.24, 2.45) is 0 Å². The molecule has 108 valence electrons. The number of nitrogens with zero attached hydrogens (tertiary/aromatic N) is 2. The Morgan fingerprint density at radius 1 is 1.14 bits per heavy atom. The number of carbonyl (C=O) groups excluding carboxylic acids is 1. The summed E-state index contributed by atoms with van der Waals surface area (Å²) in [6.07, 6.45) is 6.40. The van der Waals surface area contributed by atoms with Crippen molar-refractivity contribution in [3.8, 4) is 0 Å². The van der Waals surface area contributed by atoms with Gasteiger partial charge in [0.15, 0.2) is 0 Å². The highest BCUT2D eigenvalue weighted by Gasteiger charge is 2.24. The molecular weight excluding hydrogens is 260 g/mol. The van der Waals surface area contributed by atoms with Crippen molar-refractivity contribution >= 4 is 5.91 Å². The van der Waals surface area contributed by atoms with Crippen molar-refractivity contribution in [3.05, 3.63) is 66.0 Å². The Bertz CT molecular complexity index is 583. The monoisotopic (exact) mass is 280 g/mol. The fourth-order valence-corrected chi connectivity index (χ4v) is 2.99. The summed E-state index contributed by atoms with van der Waals surface area (Å²) in [5, 5.41) is 0. The smallest absolute Gasteiger partial charge is 0.227 e. The van der Waals surface area contributed by atoms with Crippen LogP contribution in [0.15, 0.2) is 54.9 Å². The Morgan fingerprint density at radius 3 is 2.67 bits per heavy atom. The molecule has 1 aliphatic rings. The largest absolute Gasteiger partial charge is 0.342 e. The van der Waals surface area contributed by atoms with E-state index in [9.17, 15) is 4.79 Å². The van der Waals surface area contributed by atoms with Crippen molar-refractivity contribution < 1.29 is 4.79 Å². The first kappa shape index (κ1) is 13.8. The first-order valence-corrected chi connectivity index (χ1v) is 7.54. The number of carbonyl (C=O) groups is 1. The third-order valence-electron chi connectivity index (χ3n) is 4.15. The minimum Gasteiger partial charge on any atom is -0.342 e. The molecule has 2 heterocycles. The average Bonchev–Trinajstić information content (AvgIpc) is 2.57. The molecule has 0 saturated carbocycles. The van der Waals surface area contributed by atoms with Crippen LogP contribution in [0.3, 0.4) is 0 Å². The van der Waals surface area contributed by atoms with Crippen LogP contribution in [-0.4, -0.2) is 28.9 Å². The maximum Gasteiger partial charge on any atom is 0.227 e. The van der Waals surface area contributed by atoms with Gasteiger partial charge in [-0.1, -0.05) is 30.3 Å². The Labute approximate surface area is 125 Å². The molecule has 3 heteroatoms. The van der Waals surface area contributed by atoms with Gasteiger partial charge in [-0.25, -0.2) is 0 Å². The first-order valence-electron chi connectivity index (χ1n) is 7.54. The van der Waals surface area contributed by atoms with E-state index in [1.165, 1.54) is 5.56 Å². The van der Waals surface area contributed by atoms with Crippen LogP contribution in [-0.2, 0) is 11.2 Å². The van der Waals surface area contributed by atoms with Gasteiger partial charge in [-0.3, -0.25) is 9.78 Å². The summed E-state index contributed by atoms with van der Waals surface area (Å²) in [5.41, 5.74) is 2.38. The van der Waals surface area contributed by atoms with Gasteiger partial charge >= 0.3 is 0 Å². The van der Waals surface area contributed by atoms with Crippen LogP contribution >= 0.6 is 0 Å². The van der Waals surface area contributed by atoms with Crippen molar-refractivity contribution in [2.45, 2.75) is 25.2 Å². The summed E-state index contributed by atoms with van der Waals surface area (Å²) in [6.45, 7) is 1.71. The highest BCUT2D eigenvalue weighted by atomic mass is 16.2. The molecule has 2 aromatic rings. The summed E-state index contributed by atoms with van der Waals surface area (Å²) < 4.78 is 0. The quantitative estimate of drug-likeness (QED) is 0.866. The van der Waals surface area contributed by atoms with Gasteiger partial charge in [0.1, 0.15) is 0 Å². The van der Waals surface area contributed by atoms with Gasteiger partial charge in [-0.2, -0.15) is 0 Å². The number of hydrogen-bond donors (Lipinski definition) is 0. The fourth-order valence-electron chi connectivity index (χ4n) is 2.99. The van der Waals surface area contributed by atoms with E-state index in [4.69, 9.17) is 0 Å². The third kappa shape index (κ3) is 3.48. The van der Waals surface area contributed by atoms with Crippen molar-refractivity contribution in [1.82, 2.24) is 9.88 Å². The molecule has 1 saturated heterocycles. The van der Waals surface area contributed by atoms with E-state index in [0.717, 1.165) is 31.5 Å². The van der Waals surface area contributed by atoms with Crippen molar-refractivity contribution in [2.75, 3.05) is 13.1 Å². The molecule has 3 rings (SSSR count). The number of likely N-dealkylation sites (tertiary alicyclic amines) is 1. The summed E-state index contributed by atoms with van der Waals surface area (Å²) in [6, 6.07) is 14.1. The SMILES string of the molecule is O=C(Cc1ccccc1)N1CCC[C@H](c2ccncc2)C1. The van der Waals surface area contributed by atoms with Gasteiger partial charge in [-0.15, -0.1) is 0 Å². The molecule has 0 unspecified atom stereocenters. The molecule has 0 N–H and O–H groups in total. The molecule has 1 aromatic carbocycles. The van der Waals surface area contributed by atoms with Gasteiger partial charge < -0.3 is 4.90 Å². The number of rotatable bonds is 3. The van der Waals surface area contributed by atoms with Gasteiger partial charge in [0.25, 0.3) is 0 Å². The van der Waals surface area contributed by atoms with E-state index in [1.54, 1.807) is 0 Å². The van der Waals surface area contributed by atoms with E-state index in [1.807, 2.05) is 47.6 Å². The van der Waals surface area contributed by atoms with Gasteiger partial charge in [0, 0.05) is 31.4 Å². The highest BCUT2D eigenvalue weighted by Crippen LogP contribution is 2.26. The van der Waals surface area contributed by atoms with Crippen LogP contribution < -0.4 is 0 Å². The molecule has 21 heavy (non-hydrogen) atoms. The second kappa shape index (κ2) is 6.53. The van der Waals surface area contributed by atoms with E-state index >= 15 is 0 Å². The minimum atomic E-state index is 0.236. The third-order valence-corrected chi connectivity index (χ3v) is 4.15. The predicted molar refractivity (Wildman–Crippen MR) is 82.9 cm³/mol. The normalized spacial score (nSPS) is 18.5. The molecule has 0 aliphatic carbocycles. The van der Waals surface area contributed by atoms with Crippen LogP contribution in [0.2, 0.25) is 0 Å². The van der Waals surface area contributed by atoms with Crippen LogP contribution in [0.25, 0.3) is 0 Å². The Hall–Kier alpha value is -2.16. The van der Waals surface area contributed by atoms with Crippen molar-refractivity contribution in [3.63, 3.8) is 0 Å². The lowest BCUT2D eigenvalue weighted by Crippen LogP contribution is -2.39. The molecule has 0 spiro atoms. The summed E-state index contributed by atoms with van der Waals surface area (Å²) in [4.78, 5) is 18.5. The summed E-state index contributed by atoms with van der Waals surface area (Å²) >= 11 is 0. The van der Waals surface area contributed by atoms with Crippen LogP contribution in [0.4, 0.5) is 0 Å². The fraction of sp³-hybridized carbons (Fsp3) is 0.333. The molecule has 1 amide bonds. The maximum absolute atomic E-state index is 12.5. The minimum absolute atomic E-state index is 0.236. The van der Waals surface area contributed by atoms with E-state index < -0.39 is 0 Å². The standard InChI is InChI=1S/C18H20N2O/c21-18(13-15-5-2-1-3-6-15)20-12-4-7-17(14-20)16-8-10-19-11-9-16/h1-3,5-6,8-11,17H,4,7,12-14H2/t17-/m0/s1. The molecule has 0 radical (unpaired) electrons. The lowest BCUT2D eigenvalue weighted by atomic mass is 9.91. The van der Waals surface area contributed by atoms with Gasteiger partial charge in [0.05, 0.1) is 6.42 Å². The Kier molecular flexibility index (Phi) is 4.29. The number of benzene rings is 1. The molecule has 1 atom stereocenters. The molecule has 0 bridgehead atoms. The van der Waals surface area contributed by atoms with Crippen LogP contribution in [0.1, 0.15) is 29.9 Å². The highest BCUT2D eigenvalue weighted by molar-refractivity contribution is 5.79. The van der Waals surface area contributed by atoms with Crippen molar-refractivity contribution in [1.29, 1.82) is 0 Å². The summed E-state index contributed by atoms with van der Waals surface area (Å²) in [5.74, 6) is 0.682. The molecule has 1 aliphatic heterocycles. The van der Waals surface area contributed by atoms with E-state index in [0.29, 0.717) is 12.3 Å². The van der Waals surface area contributed by atoms with Gasteiger partial charge in [0.2, 0.25) is 5.91 Å². The lowest BCUT2D eigenvalue weighted by molar-refractivity contribution is -0.131. The molecular formula is C18H20N2O. The second-order valence-corrected chi connectivity index (χ2v) is 5.62. The number of pyridine rings is 1. The van der Waals surface area contributed by atoms with E-state index in [-0.39, 0.29) is 5.91 Å². The van der Waals surface area contributed by atoms with Gasteiger partial charge in [-0.05, 0) is 36.1 Å². The summed E-state index contributed by atoms with van der Waals surface area (Å²) in [7, 11) is 0.